The zero-order chi connectivity index (χ0) is 11.8. The van der Waals surface area contributed by atoms with Crippen LogP contribution in [-0.4, -0.2) is 30.4 Å². The van der Waals surface area contributed by atoms with Crippen molar-refractivity contribution in [2.45, 2.75) is 6.92 Å². The quantitative estimate of drug-likeness (QED) is 0.780. The summed E-state index contributed by atoms with van der Waals surface area (Å²) in [7, 11) is 3.01. The van der Waals surface area contributed by atoms with Crippen LogP contribution in [0.15, 0.2) is 18.2 Å². The third kappa shape index (κ3) is 4.75. The minimum Gasteiger partial charge on any atom is -0.504 e. The van der Waals surface area contributed by atoms with Gasteiger partial charge in [-0.1, -0.05) is 6.07 Å². The molecule has 2 N–H and O–H groups in total. The second kappa shape index (κ2) is 6.53. The van der Waals surface area contributed by atoms with Crippen molar-refractivity contribution in [2.24, 2.45) is 0 Å². The average Bonchev–Trinajstić information content (AvgIpc) is 2.16. The van der Waals surface area contributed by atoms with Gasteiger partial charge in [0.25, 0.3) is 5.97 Å². The first-order chi connectivity index (χ1) is 7.02. The molecule has 0 bridgehead atoms. The normalized spacial score (nSPS) is 8.47. The summed E-state index contributed by atoms with van der Waals surface area (Å²) in [4.78, 5) is 9.00. The topological polar surface area (TPSA) is 76.0 Å². The number of para-hydroxylation sites is 1. The lowest BCUT2D eigenvalue weighted by molar-refractivity contribution is -0.134. The maximum Gasteiger partial charge on any atom is 0.300 e. The largest absolute Gasteiger partial charge is 0.504 e. The van der Waals surface area contributed by atoms with Gasteiger partial charge < -0.3 is 19.7 Å². The van der Waals surface area contributed by atoms with E-state index in [0.29, 0.717) is 11.5 Å². The van der Waals surface area contributed by atoms with Crippen molar-refractivity contribution in [3.63, 3.8) is 0 Å². The van der Waals surface area contributed by atoms with E-state index < -0.39 is 5.97 Å². The standard InChI is InChI=1S/C8H10O3.C2H4O2/c1-10-7-5-3-4-6(9)8(7)11-2;1-2(3)4/h3-5,9H,1-2H3;1H3,(H,3,4). The predicted octanol–water partition coefficient (Wildman–Crippen LogP) is 1.50. The Kier molecular flexibility index (Phi) is 5.70. The third-order valence-electron chi connectivity index (χ3n) is 1.38. The van der Waals surface area contributed by atoms with Crippen LogP contribution in [-0.2, 0) is 4.79 Å². The number of hydrogen-bond donors (Lipinski definition) is 2. The van der Waals surface area contributed by atoms with E-state index in [4.69, 9.17) is 19.4 Å². The lowest BCUT2D eigenvalue weighted by Gasteiger charge is -2.07. The van der Waals surface area contributed by atoms with Gasteiger partial charge in [0.05, 0.1) is 14.2 Å². The van der Waals surface area contributed by atoms with E-state index >= 15 is 0 Å². The van der Waals surface area contributed by atoms with Crippen LogP contribution in [0.2, 0.25) is 0 Å². The lowest BCUT2D eigenvalue weighted by atomic mass is 10.3. The molecule has 5 nitrogen and oxygen atoms in total. The highest BCUT2D eigenvalue weighted by Gasteiger charge is 2.06. The molecular weight excluding hydrogens is 200 g/mol. The number of methoxy groups -OCH3 is 2. The molecular formula is C10H14O5. The Morgan fingerprint density at radius 1 is 1.27 bits per heavy atom. The highest BCUT2D eigenvalue weighted by molar-refractivity contribution is 5.62. The van der Waals surface area contributed by atoms with Gasteiger partial charge in [-0.25, -0.2) is 0 Å². The fourth-order valence-corrected chi connectivity index (χ4v) is 0.870. The summed E-state index contributed by atoms with van der Waals surface area (Å²) in [6.07, 6.45) is 0. The van der Waals surface area contributed by atoms with E-state index in [1.54, 1.807) is 18.2 Å². The van der Waals surface area contributed by atoms with E-state index in [1.807, 2.05) is 0 Å². The summed E-state index contributed by atoms with van der Waals surface area (Å²) < 4.78 is 9.82. The predicted molar refractivity (Wildman–Crippen MR) is 54.5 cm³/mol. The van der Waals surface area contributed by atoms with Crippen molar-refractivity contribution in [1.82, 2.24) is 0 Å². The van der Waals surface area contributed by atoms with Crippen molar-refractivity contribution < 1.29 is 24.5 Å². The molecule has 0 aliphatic rings. The van der Waals surface area contributed by atoms with Crippen LogP contribution in [0, 0.1) is 0 Å². The Morgan fingerprint density at radius 2 is 1.80 bits per heavy atom. The summed E-state index contributed by atoms with van der Waals surface area (Å²) in [6, 6.07) is 4.95. The van der Waals surface area contributed by atoms with Crippen LogP contribution in [0.25, 0.3) is 0 Å². The van der Waals surface area contributed by atoms with Crippen LogP contribution in [0.4, 0.5) is 0 Å². The molecule has 0 fully saturated rings. The van der Waals surface area contributed by atoms with Crippen LogP contribution >= 0.6 is 0 Å². The van der Waals surface area contributed by atoms with Crippen LogP contribution in [0.5, 0.6) is 17.2 Å². The van der Waals surface area contributed by atoms with Crippen molar-refractivity contribution in [3.05, 3.63) is 18.2 Å². The minimum absolute atomic E-state index is 0.0897. The zero-order valence-corrected chi connectivity index (χ0v) is 8.85. The molecule has 84 valence electrons. The summed E-state index contributed by atoms with van der Waals surface area (Å²) in [5.41, 5.74) is 0. The molecule has 0 radical (unpaired) electrons. The van der Waals surface area contributed by atoms with Gasteiger partial charge >= 0.3 is 0 Å². The molecule has 1 aromatic carbocycles. The number of hydrogen-bond acceptors (Lipinski definition) is 4. The first-order valence-corrected chi connectivity index (χ1v) is 4.12. The molecule has 0 saturated heterocycles. The number of aromatic hydroxyl groups is 1. The second-order valence-electron chi connectivity index (χ2n) is 2.53. The van der Waals surface area contributed by atoms with E-state index in [1.165, 1.54) is 14.2 Å². The number of phenols is 1. The summed E-state index contributed by atoms with van der Waals surface area (Å²) in [5.74, 6) is 0.161. The lowest BCUT2D eigenvalue weighted by Crippen LogP contribution is -1.89. The smallest absolute Gasteiger partial charge is 0.300 e. The van der Waals surface area contributed by atoms with Gasteiger partial charge in [-0.15, -0.1) is 0 Å². The van der Waals surface area contributed by atoms with Crippen LogP contribution in [0.3, 0.4) is 0 Å². The molecule has 0 amide bonds. The monoisotopic (exact) mass is 214 g/mol. The van der Waals surface area contributed by atoms with Crippen molar-refractivity contribution in [2.75, 3.05) is 14.2 Å². The maximum absolute atomic E-state index is 9.22. The molecule has 1 rings (SSSR count). The number of carbonyl (C=O) groups is 1. The van der Waals surface area contributed by atoms with Gasteiger partial charge in [-0.3, -0.25) is 4.79 Å². The minimum atomic E-state index is -0.833. The summed E-state index contributed by atoms with van der Waals surface area (Å²) in [6.45, 7) is 1.08. The van der Waals surface area contributed by atoms with E-state index in [-0.39, 0.29) is 5.75 Å². The molecule has 0 aromatic heterocycles. The van der Waals surface area contributed by atoms with E-state index in [9.17, 15) is 5.11 Å². The zero-order valence-electron chi connectivity index (χ0n) is 8.85. The maximum atomic E-state index is 9.22. The average molecular weight is 214 g/mol. The van der Waals surface area contributed by atoms with Crippen molar-refractivity contribution in [3.8, 4) is 17.2 Å². The van der Waals surface area contributed by atoms with Crippen LogP contribution < -0.4 is 9.47 Å². The first kappa shape index (κ1) is 13.1. The Hall–Kier alpha value is -1.91. The van der Waals surface area contributed by atoms with Gasteiger partial charge in [-0.2, -0.15) is 0 Å². The fraction of sp³-hybridized carbons (Fsp3) is 0.300. The molecule has 15 heavy (non-hydrogen) atoms. The SMILES string of the molecule is CC(=O)O.COc1cccc(O)c1OC. The molecule has 5 heteroatoms. The molecule has 1 aromatic rings. The highest BCUT2D eigenvalue weighted by Crippen LogP contribution is 2.35. The number of carboxylic acid groups (broad SMARTS) is 1. The van der Waals surface area contributed by atoms with Crippen LogP contribution in [0.1, 0.15) is 6.92 Å². The number of benzene rings is 1. The van der Waals surface area contributed by atoms with Gasteiger partial charge in [0.2, 0.25) is 5.75 Å². The Labute approximate surface area is 87.9 Å². The number of aliphatic carboxylic acids is 1. The number of rotatable bonds is 2. The molecule has 0 heterocycles. The van der Waals surface area contributed by atoms with Crippen molar-refractivity contribution >= 4 is 5.97 Å². The Balaban J connectivity index is 0.000000423. The van der Waals surface area contributed by atoms with Gasteiger partial charge in [-0.05, 0) is 12.1 Å². The number of ether oxygens (including phenoxy) is 2. The van der Waals surface area contributed by atoms with E-state index in [0.717, 1.165) is 6.92 Å². The molecule has 0 aliphatic heterocycles. The van der Waals surface area contributed by atoms with Gasteiger partial charge in [0.1, 0.15) is 0 Å². The molecule has 0 spiro atoms. The number of phenolic OH excluding ortho intramolecular Hbond substituents is 1. The first-order valence-electron chi connectivity index (χ1n) is 4.12. The number of carboxylic acids is 1. The van der Waals surface area contributed by atoms with Crippen molar-refractivity contribution in [1.29, 1.82) is 0 Å². The summed E-state index contributed by atoms with van der Waals surface area (Å²) >= 11 is 0. The third-order valence-corrected chi connectivity index (χ3v) is 1.38. The van der Waals surface area contributed by atoms with Gasteiger partial charge in [0.15, 0.2) is 11.5 Å². The Bertz CT molecular complexity index is 318. The molecule has 0 atom stereocenters. The fourth-order valence-electron chi connectivity index (χ4n) is 0.870. The molecule has 0 aliphatic carbocycles. The van der Waals surface area contributed by atoms with E-state index in [2.05, 4.69) is 0 Å². The summed E-state index contributed by atoms with van der Waals surface area (Å²) in [5, 5.41) is 16.6. The molecule has 0 saturated carbocycles. The molecule has 0 unspecified atom stereocenters. The Morgan fingerprint density at radius 3 is 2.13 bits per heavy atom. The van der Waals surface area contributed by atoms with Gasteiger partial charge in [0, 0.05) is 6.92 Å². The second-order valence-corrected chi connectivity index (χ2v) is 2.53. The highest BCUT2D eigenvalue weighted by atomic mass is 16.5.